The van der Waals surface area contributed by atoms with Gasteiger partial charge in [0.25, 0.3) is 0 Å². The molecule has 0 aliphatic heterocycles. The predicted octanol–water partition coefficient (Wildman–Crippen LogP) is 19.4. The highest BCUT2D eigenvalue weighted by Crippen LogP contribution is 2.20. The molecule has 0 radical (unpaired) electrons. The van der Waals surface area contributed by atoms with Gasteiger partial charge < -0.3 is 14.4 Å². The molecule has 6 heteroatoms. The topological polar surface area (TPSA) is 72.9 Å². The van der Waals surface area contributed by atoms with E-state index in [1.54, 1.807) is 4.90 Å². The number of allylic oxidation sites excluding steroid dienone is 8. The molecule has 0 aliphatic carbocycles. The standard InChI is InChI=1S/C63H107NO5/c1-4-7-10-13-16-19-22-25-28-31-34-37-40-43-49-54-61(65)64(59-52-47-46-48-53-59)57-60(69-63(67)56-51-45-42-39-36-33-30-27-24-21-18-15-12-9-6-3)58-68-62(66)55-50-44-41-38-35-32-29-26-23-20-17-14-11-8-5-2/h8,11,17,20,26-27,29-30,46-48,52-53,60H,4-7,9-10,12-16,18-19,21-25,28,31-45,49-51,54-58H2,1-3H3. The molecule has 0 aliphatic rings. The highest BCUT2D eigenvalue weighted by atomic mass is 16.6. The number of para-hydroxylation sites is 1. The second kappa shape index (κ2) is 51.0. The molecule has 6 nitrogen and oxygen atoms in total. The molecule has 0 spiro atoms. The first-order valence-electron chi connectivity index (χ1n) is 29.3. The van der Waals surface area contributed by atoms with Crippen LogP contribution < -0.4 is 4.90 Å². The van der Waals surface area contributed by atoms with E-state index < -0.39 is 6.10 Å². The van der Waals surface area contributed by atoms with E-state index in [0.29, 0.717) is 19.3 Å². The zero-order valence-electron chi connectivity index (χ0n) is 45.3. The van der Waals surface area contributed by atoms with E-state index in [2.05, 4.69) is 69.4 Å². The Labute approximate surface area is 426 Å². The van der Waals surface area contributed by atoms with Crippen LogP contribution in [0.25, 0.3) is 0 Å². The van der Waals surface area contributed by atoms with Crippen molar-refractivity contribution in [3.8, 4) is 0 Å². The second-order valence-corrected chi connectivity index (χ2v) is 19.8. The number of hydrogen-bond donors (Lipinski definition) is 0. The van der Waals surface area contributed by atoms with Crippen LogP contribution in [0.2, 0.25) is 0 Å². The van der Waals surface area contributed by atoms with Crippen LogP contribution >= 0.6 is 0 Å². The number of carbonyl (C=O) groups excluding carboxylic acids is 3. The van der Waals surface area contributed by atoms with Gasteiger partial charge in [-0.15, -0.1) is 0 Å². The molecule has 0 saturated carbocycles. The fraction of sp³-hybridized carbons (Fsp3) is 0.730. The highest BCUT2D eigenvalue weighted by Gasteiger charge is 2.25. The molecule has 0 N–H and O–H groups in total. The van der Waals surface area contributed by atoms with Gasteiger partial charge in [0, 0.05) is 24.9 Å². The van der Waals surface area contributed by atoms with E-state index in [9.17, 15) is 14.4 Å². The SMILES string of the molecule is CCC=CCC=CCC=CCCCCCCCC(=O)OCC(CN(C(=O)CCCCCCCCCCCCCCCCC)c1ccccc1)OC(=O)CCCCCCCC=CCCCCCCCC. The lowest BCUT2D eigenvalue weighted by atomic mass is 10.0. The Kier molecular flexibility index (Phi) is 47.0. The summed E-state index contributed by atoms with van der Waals surface area (Å²) in [6.07, 6.45) is 62.5. The summed E-state index contributed by atoms with van der Waals surface area (Å²) in [7, 11) is 0. The molecule has 1 aromatic rings. The number of anilines is 1. The summed E-state index contributed by atoms with van der Waals surface area (Å²) in [5.41, 5.74) is 0.774. The summed E-state index contributed by atoms with van der Waals surface area (Å²) in [5.74, 6) is -0.545. The third-order valence-corrected chi connectivity index (χ3v) is 13.2. The summed E-state index contributed by atoms with van der Waals surface area (Å²) < 4.78 is 11.8. The van der Waals surface area contributed by atoms with Gasteiger partial charge in [-0.25, -0.2) is 0 Å². The van der Waals surface area contributed by atoms with Crippen LogP contribution in [-0.4, -0.2) is 37.1 Å². The number of nitrogens with zero attached hydrogens (tertiary/aromatic N) is 1. The molecule has 0 saturated heterocycles. The minimum atomic E-state index is -0.740. The van der Waals surface area contributed by atoms with Crippen molar-refractivity contribution in [1.82, 2.24) is 0 Å². The van der Waals surface area contributed by atoms with Crippen molar-refractivity contribution in [2.45, 2.75) is 284 Å². The average Bonchev–Trinajstić information content (AvgIpc) is 3.36. The van der Waals surface area contributed by atoms with Crippen molar-refractivity contribution in [2.75, 3.05) is 18.1 Å². The quantitative estimate of drug-likeness (QED) is 0.0370. The Balaban J connectivity index is 2.60. The van der Waals surface area contributed by atoms with Gasteiger partial charge in [0.15, 0.2) is 6.10 Å². The molecular formula is C63H107NO5. The van der Waals surface area contributed by atoms with Crippen LogP contribution in [0, 0.1) is 0 Å². The van der Waals surface area contributed by atoms with Gasteiger partial charge in [0.05, 0.1) is 6.54 Å². The zero-order chi connectivity index (χ0) is 49.8. The van der Waals surface area contributed by atoms with E-state index in [4.69, 9.17) is 9.47 Å². The van der Waals surface area contributed by atoms with Gasteiger partial charge >= 0.3 is 11.9 Å². The third kappa shape index (κ3) is 43.1. The molecule has 1 rings (SSSR count). The van der Waals surface area contributed by atoms with Gasteiger partial charge in [0.2, 0.25) is 5.91 Å². The third-order valence-electron chi connectivity index (χ3n) is 13.2. The molecule has 394 valence electrons. The number of rotatable bonds is 50. The number of ether oxygens (including phenoxy) is 2. The first-order valence-corrected chi connectivity index (χ1v) is 29.3. The van der Waals surface area contributed by atoms with Gasteiger partial charge in [-0.2, -0.15) is 0 Å². The molecule has 0 fully saturated rings. The first-order chi connectivity index (χ1) is 34.0. The van der Waals surface area contributed by atoms with Crippen molar-refractivity contribution >= 4 is 23.5 Å². The maximum atomic E-state index is 13.9. The lowest BCUT2D eigenvalue weighted by molar-refractivity contribution is -0.158. The van der Waals surface area contributed by atoms with E-state index in [0.717, 1.165) is 115 Å². The van der Waals surface area contributed by atoms with Gasteiger partial charge in [0.1, 0.15) is 6.61 Å². The van der Waals surface area contributed by atoms with Crippen LogP contribution in [0.3, 0.4) is 0 Å². The van der Waals surface area contributed by atoms with Crippen LogP contribution in [0.4, 0.5) is 5.69 Å². The monoisotopic (exact) mass is 958 g/mol. The van der Waals surface area contributed by atoms with Crippen LogP contribution in [-0.2, 0) is 23.9 Å². The number of benzene rings is 1. The normalized spacial score (nSPS) is 12.3. The fourth-order valence-corrected chi connectivity index (χ4v) is 8.80. The molecule has 1 aromatic carbocycles. The molecule has 0 bridgehead atoms. The molecule has 0 aromatic heterocycles. The molecule has 1 atom stereocenters. The van der Waals surface area contributed by atoms with Crippen molar-refractivity contribution in [1.29, 1.82) is 0 Å². The van der Waals surface area contributed by atoms with Gasteiger partial charge in [-0.3, -0.25) is 14.4 Å². The number of hydrogen-bond acceptors (Lipinski definition) is 5. The summed E-state index contributed by atoms with van der Waals surface area (Å²) in [6.45, 7) is 6.81. The van der Waals surface area contributed by atoms with Crippen LogP contribution in [0.5, 0.6) is 0 Å². The summed E-state index contributed by atoms with van der Waals surface area (Å²) >= 11 is 0. The fourth-order valence-electron chi connectivity index (χ4n) is 8.80. The Morgan fingerprint density at radius 1 is 0.435 bits per heavy atom. The molecule has 69 heavy (non-hydrogen) atoms. The van der Waals surface area contributed by atoms with E-state index in [1.807, 2.05) is 30.3 Å². The first kappa shape index (κ1) is 63.6. The summed E-state index contributed by atoms with van der Waals surface area (Å²) in [4.78, 5) is 41.9. The van der Waals surface area contributed by atoms with E-state index in [-0.39, 0.29) is 31.0 Å². The Morgan fingerprint density at radius 2 is 0.812 bits per heavy atom. The van der Waals surface area contributed by atoms with Crippen LogP contribution in [0.15, 0.2) is 78.9 Å². The van der Waals surface area contributed by atoms with Crippen molar-refractivity contribution in [3.05, 3.63) is 78.9 Å². The lowest BCUT2D eigenvalue weighted by Gasteiger charge is -2.28. The largest absolute Gasteiger partial charge is 0.462 e. The predicted molar refractivity (Wildman–Crippen MR) is 298 cm³/mol. The highest BCUT2D eigenvalue weighted by molar-refractivity contribution is 5.93. The smallest absolute Gasteiger partial charge is 0.306 e. The number of esters is 2. The zero-order valence-corrected chi connectivity index (χ0v) is 45.3. The molecule has 1 amide bonds. The summed E-state index contributed by atoms with van der Waals surface area (Å²) in [5, 5.41) is 0. The van der Waals surface area contributed by atoms with E-state index >= 15 is 0 Å². The van der Waals surface area contributed by atoms with Crippen LogP contribution in [0.1, 0.15) is 278 Å². The average molecular weight is 959 g/mol. The maximum Gasteiger partial charge on any atom is 0.306 e. The van der Waals surface area contributed by atoms with Gasteiger partial charge in [-0.1, -0.05) is 248 Å². The van der Waals surface area contributed by atoms with Gasteiger partial charge in [-0.05, 0) is 89.2 Å². The molecule has 0 heterocycles. The minimum absolute atomic E-state index is 0.0170. The van der Waals surface area contributed by atoms with E-state index in [1.165, 1.54) is 128 Å². The summed E-state index contributed by atoms with van der Waals surface area (Å²) in [6, 6.07) is 9.67. The second-order valence-electron chi connectivity index (χ2n) is 19.8. The minimum Gasteiger partial charge on any atom is -0.462 e. The number of amides is 1. The van der Waals surface area contributed by atoms with Crippen molar-refractivity contribution in [2.24, 2.45) is 0 Å². The Bertz CT molecular complexity index is 1420. The Hall–Kier alpha value is -3.41. The van der Waals surface area contributed by atoms with Crippen molar-refractivity contribution < 1.29 is 23.9 Å². The number of unbranched alkanes of at least 4 members (excludes halogenated alkanes) is 30. The molecule has 1 unspecified atom stereocenters. The maximum absolute atomic E-state index is 13.9. The molecular weight excluding hydrogens is 851 g/mol. The Morgan fingerprint density at radius 3 is 1.28 bits per heavy atom. The van der Waals surface area contributed by atoms with Crippen molar-refractivity contribution in [3.63, 3.8) is 0 Å². The number of carbonyl (C=O) groups is 3. The lowest BCUT2D eigenvalue weighted by Crippen LogP contribution is -2.41.